The zero-order valence-corrected chi connectivity index (χ0v) is 11.5. The fourth-order valence-corrected chi connectivity index (χ4v) is 1.14. The highest BCUT2D eigenvalue weighted by Crippen LogP contribution is 2.26. The van der Waals surface area contributed by atoms with Gasteiger partial charge in [-0.3, -0.25) is 0 Å². The normalized spacial score (nSPS) is 12.1. The van der Waals surface area contributed by atoms with Gasteiger partial charge in [-0.1, -0.05) is 39.7 Å². The summed E-state index contributed by atoms with van der Waals surface area (Å²) in [5.41, 5.74) is 0.205. The van der Waals surface area contributed by atoms with Gasteiger partial charge >= 0.3 is 6.01 Å². The number of hydrogen-bond donors (Lipinski definition) is 2. The van der Waals surface area contributed by atoms with Crippen LogP contribution in [0.2, 0.25) is 0 Å². The first-order valence-corrected chi connectivity index (χ1v) is 6.22. The molecule has 0 unspecified atom stereocenters. The lowest BCUT2D eigenvalue weighted by Crippen LogP contribution is -2.28. The predicted octanol–water partition coefficient (Wildman–Crippen LogP) is 2.27. The Morgan fingerprint density at radius 2 is 2.00 bits per heavy atom. The summed E-state index contributed by atoms with van der Waals surface area (Å²) in [5.74, 6) is 1.22. The molecule has 0 radical (unpaired) electrons. The molecule has 0 aliphatic carbocycles. The van der Waals surface area contributed by atoms with E-state index in [1.807, 2.05) is 6.92 Å². The lowest BCUT2D eigenvalue weighted by atomic mass is 9.81. The molecule has 0 bridgehead atoms. The SMILES string of the molecule is CCNCc1nnc(NCC(C)(C)C(C)C)o1. The van der Waals surface area contributed by atoms with E-state index in [4.69, 9.17) is 4.42 Å². The molecule has 0 spiro atoms. The van der Waals surface area contributed by atoms with Crippen LogP contribution in [-0.2, 0) is 6.54 Å². The molecule has 0 saturated heterocycles. The molecule has 1 heterocycles. The van der Waals surface area contributed by atoms with Crippen molar-refractivity contribution < 1.29 is 4.42 Å². The number of nitrogens with zero attached hydrogens (tertiary/aromatic N) is 2. The number of anilines is 1. The summed E-state index contributed by atoms with van der Waals surface area (Å²) in [6.07, 6.45) is 0. The largest absolute Gasteiger partial charge is 0.407 e. The van der Waals surface area contributed by atoms with Crippen LogP contribution < -0.4 is 10.6 Å². The van der Waals surface area contributed by atoms with Crippen LogP contribution in [0.5, 0.6) is 0 Å². The molecule has 5 nitrogen and oxygen atoms in total. The molecule has 0 saturated carbocycles. The van der Waals surface area contributed by atoms with E-state index >= 15 is 0 Å². The van der Waals surface area contributed by atoms with Gasteiger partial charge in [-0.05, 0) is 17.9 Å². The van der Waals surface area contributed by atoms with E-state index in [9.17, 15) is 0 Å². The molecule has 0 amide bonds. The predicted molar refractivity (Wildman–Crippen MR) is 68.8 cm³/mol. The Morgan fingerprint density at radius 1 is 1.29 bits per heavy atom. The zero-order valence-electron chi connectivity index (χ0n) is 11.5. The fourth-order valence-electron chi connectivity index (χ4n) is 1.14. The van der Waals surface area contributed by atoms with Crippen LogP contribution >= 0.6 is 0 Å². The molecule has 1 aromatic rings. The van der Waals surface area contributed by atoms with Gasteiger partial charge in [-0.25, -0.2) is 0 Å². The maximum Gasteiger partial charge on any atom is 0.315 e. The number of hydrogen-bond acceptors (Lipinski definition) is 5. The van der Waals surface area contributed by atoms with Crippen molar-refractivity contribution in [1.29, 1.82) is 0 Å². The Labute approximate surface area is 103 Å². The van der Waals surface area contributed by atoms with Crippen LogP contribution in [0.25, 0.3) is 0 Å². The van der Waals surface area contributed by atoms with E-state index in [1.54, 1.807) is 0 Å². The molecular formula is C12H24N4O. The summed E-state index contributed by atoms with van der Waals surface area (Å²) >= 11 is 0. The van der Waals surface area contributed by atoms with Crippen molar-refractivity contribution in [3.63, 3.8) is 0 Å². The minimum absolute atomic E-state index is 0.205. The summed E-state index contributed by atoms with van der Waals surface area (Å²) < 4.78 is 5.47. The number of rotatable bonds is 7. The molecule has 2 N–H and O–H groups in total. The third kappa shape index (κ3) is 4.34. The zero-order chi connectivity index (χ0) is 12.9. The molecule has 1 rings (SSSR count). The van der Waals surface area contributed by atoms with E-state index in [0.717, 1.165) is 13.1 Å². The van der Waals surface area contributed by atoms with Gasteiger partial charge in [-0.2, -0.15) is 0 Å². The fraction of sp³-hybridized carbons (Fsp3) is 0.833. The lowest BCUT2D eigenvalue weighted by Gasteiger charge is -2.28. The monoisotopic (exact) mass is 240 g/mol. The average Bonchev–Trinajstić information content (AvgIpc) is 2.71. The van der Waals surface area contributed by atoms with Crippen LogP contribution in [-0.4, -0.2) is 23.3 Å². The molecule has 5 heteroatoms. The minimum Gasteiger partial charge on any atom is -0.407 e. The van der Waals surface area contributed by atoms with Gasteiger partial charge in [0.2, 0.25) is 5.89 Å². The Balaban J connectivity index is 2.44. The van der Waals surface area contributed by atoms with E-state index in [-0.39, 0.29) is 5.41 Å². The van der Waals surface area contributed by atoms with Gasteiger partial charge in [0.15, 0.2) is 0 Å². The van der Waals surface area contributed by atoms with Crippen LogP contribution in [0, 0.1) is 11.3 Å². The van der Waals surface area contributed by atoms with Gasteiger partial charge in [0, 0.05) is 6.54 Å². The van der Waals surface area contributed by atoms with Crippen molar-refractivity contribution in [2.75, 3.05) is 18.4 Å². The first kappa shape index (κ1) is 14.0. The lowest BCUT2D eigenvalue weighted by molar-refractivity contribution is 0.267. The standard InChI is InChI=1S/C12H24N4O/c1-6-13-7-10-15-16-11(17-10)14-8-12(4,5)9(2)3/h9,13H,6-8H2,1-5H3,(H,14,16). The molecule has 0 atom stereocenters. The Morgan fingerprint density at radius 3 is 2.59 bits per heavy atom. The van der Waals surface area contributed by atoms with Crippen molar-refractivity contribution in [1.82, 2.24) is 15.5 Å². The number of nitrogens with one attached hydrogen (secondary N) is 2. The second-order valence-corrected chi connectivity index (χ2v) is 5.28. The van der Waals surface area contributed by atoms with Gasteiger partial charge in [0.25, 0.3) is 0 Å². The maximum absolute atomic E-state index is 5.47. The van der Waals surface area contributed by atoms with Crippen molar-refractivity contribution in [3.05, 3.63) is 5.89 Å². The summed E-state index contributed by atoms with van der Waals surface area (Å²) in [7, 11) is 0. The van der Waals surface area contributed by atoms with Gasteiger partial charge in [0.05, 0.1) is 6.54 Å². The summed E-state index contributed by atoms with van der Waals surface area (Å²) in [5, 5.41) is 14.3. The van der Waals surface area contributed by atoms with Crippen LogP contribution in [0.3, 0.4) is 0 Å². The topological polar surface area (TPSA) is 63.0 Å². The van der Waals surface area contributed by atoms with E-state index in [1.165, 1.54) is 0 Å². The number of aromatic nitrogens is 2. The van der Waals surface area contributed by atoms with Gasteiger partial charge in [-0.15, -0.1) is 5.10 Å². The Hall–Kier alpha value is -1.10. The molecule has 0 fully saturated rings. The van der Waals surface area contributed by atoms with Crippen molar-refractivity contribution in [2.24, 2.45) is 11.3 Å². The molecule has 98 valence electrons. The van der Waals surface area contributed by atoms with E-state index in [2.05, 4.69) is 48.5 Å². The third-order valence-corrected chi connectivity index (χ3v) is 3.25. The van der Waals surface area contributed by atoms with Crippen LogP contribution in [0.4, 0.5) is 6.01 Å². The highest BCUT2D eigenvalue weighted by Gasteiger charge is 2.22. The molecule has 0 aliphatic heterocycles. The van der Waals surface area contributed by atoms with E-state index in [0.29, 0.717) is 24.4 Å². The average molecular weight is 240 g/mol. The quantitative estimate of drug-likeness (QED) is 0.765. The summed E-state index contributed by atoms with van der Waals surface area (Å²) in [4.78, 5) is 0. The summed E-state index contributed by atoms with van der Waals surface area (Å²) in [6, 6.07) is 0.506. The first-order chi connectivity index (χ1) is 7.95. The highest BCUT2D eigenvalue weighted by atomic mass is 16.4. The van der Waals surface area contributed by atoms with Crippen molar-refractivity contribution in [3.8, 4) is 0 Å². The molecule has 0 aromatic carbocycles. The molecule has 1 aromatic heterocycles. The second-order valence-electron chi connectivity index (χ2n) is 5.28. The minimum atomic E-state index is 0.205. The molecule has 0 aliphatic rings. The van der Waals surface area contributed by atoms with Gasteiger partial charge < -0.3 is 15.1 Å². The first-order valence-electron chi connectivity index (χ1n) is 6.22. The Bertz CT molecular complexity index is 333. The van der Waals surface area contributed by atoms with E-state index < -0.39 is 0 Å². The Kier molecular flexibility index (Phi) is 4.93. The van der Waals surface area contributed by atoms with Crippen molar-refractivity contribution >= 4 is 6.01 Å². The molecule has 17 heavy (non-hydrogen) atoms. The van der Waals surface area contributed by atoms with Crippen LogP contribution in [0.15, 0.2) is 4.42 Å². The molecular weight excluding hydrogens is 216 g/mol. The highest BCUT2D eigenvalue weighted by molar-refractivity contribution is 5.17. The van der Waals surface area contributed by atoms with Crippen LogP contribution in [0.1, 0.15) is 40.5 Å². The summed E-state index contributed by atoms with van der Waals surface area (Å²) in [6.45, 7) is 13.3. The van der Waals surface area contributed by atoms with Crippen molar-refractivity contribution in [2.45, 2.75) is 41.2 Å². The smallest absolute Gasteiger partial charge is 0.315 e. The third-order valence-electron chi connectivity index (χ3n) is 3.25. The maximum atomic E-state index is 5.47. The second kappa shape index (κ2) is 6.00. The van der Waals surface area contributed by atoms with Gasteiger partial charge in [0.1, 0.15) is 0 Å².